The lowest BCUT2D eigenvalue weighted by Gasteiger charge is -2.13. The number of hydrazone groups is 1. The minimum Gasteiger partial charge on any atom is -0.493 e. The molecule has 166 valence electrons. The zero-order chi connectivity index (χ0) is 22.9. The smallest absolute Gasteiger partial charge is 0.277 e. The van der Waals surface area contributed by atoms with Gasteiger partial charge in [-0.05, 0) is 69.9 Å². The quantitative estimate of drug-likeness (QED) is 0.299. The molecule has 3 rings (SSSR count). The first-order valence-electron chi connectivity index (χ1n) is 9.71. The van der Waals surface area contributed by atoms with E-state index in [1.807, 2.05) is 43.3 Å². The molecule has 0 saturated carbocycles. The van der Waals surface area contributed by atoms with E-state index in [2.05, 4.69) is 26.5 Å². The Bertz CT molecular complexity index is 1110. The first-order chi connectivity index (χ1) is 15.5. The van der Waals surface area contributed by atoms with Gasteiger partial charge in [0.2, 0.25) is 0 Å². The number of carbonyl (C=O) groups is 1. The van der Waals surface area contributed by atoms with Gasteiger partial charge in [-0.1, -0.05) is 41.9 Å². The second-order valence-electron chi connectivity index (χ2n) is 6.80. The van der Waals surface area contributed by atoms with E-state index in [0.717, 1.165) is 16.7 Å². The van der Waals surface area contributed by atoms with Crippen molar-refractivity contribution in [3.05, 3.63) is 86.8 Å². The third-order valence-electron chi connectivity index (χ3n) is 4.38. The number of amides is 1. The minimum absolute atomic E-state index is 0.168. The highest BCUT2D eigenvalue weighted by molar-refractivity contribution is 9.10. The zero-order valence-electron chi connectivity index (χ0n) is 17.6. The van der Waals surface area contributed by atoms with Crippen molar-refractivity contribution in [2.75, 3.05) is 13.7 Å². The van der Waals surface area contributed by atoms with Crippen LogP contribution in [0.4, 0.5) is 0 Å². The fourth-order valence-electron chi connectivity index (χ4n) is 2.81. The largest absolute Gasteiger partial charge is 0.493 e. The van der Waals surface area contributed by atoms with Gasteiger partial charge in [0.05, 0.1) is 17.8 Å². The number of carbonyl (C=O) groups excluding carboxylic acids is 1. The first-order valence-corrected chi connectivity index (χ1v) is 10.9. The van der Waals surface area contributed by atoms with Crippen molar-refractivity contribution in [3.63, 3.8) is 0 Å². The molecule has 1 amide bonds. The molecular formula is C24H22BrClN2O4. The fraction of sp³-hybridized carbons (Fsp3) is 0.167. The number of nitrogens with zero attached hydrogens (tertiary/aromatic N) is 1. The van der Waals surface area contributed by atoms with E-state index >= 15 is 0 Å². The standard InChI is InChI=1S/C24H22BrClN2O4/c1-16-10-19(26)8-9-21(16)31-15-23(29)28-27-13-18-11-20(25)24(22(12-18)30-2)32-14-17-6-4-3-5-7-17/h3-13H,14-15H2,1-2H3,(H,28,29)/b27-13+. The summed E-state index contributed by atoms with van der Waals surface area (Å²) in [6.45, 7) is 2.10. The van der Waals surface area contributed by atoms with Crippen LogP contribution in [-0.4, -0.2) is 25.8 Å². The van der Waals surface area contributed by atoms with E-state index in [1.165, 1.54) is 6.21 Å². The SMILES string of the molecule is COc1cc(/C=N/NC(=O)COc2ccc(Cl)cc2C)cc(Br)c1OCc1ccccc1. The number of hydrogen-bond donors (Lipinski definition) is 1. The number of rotatable bonds is 9. The Morgan fingerprint density at radius 1 is 1.09 bits per heavy atom. The van der Waals surface area contributed by atoms with Crippen LogP contribution in [0, 0.1) is 6.92 Å². The average molecular weight is 518 g/mol. The predicted octanol–water partition coefficient (Wildman–Crippen LogP) is 5.53. The maximum Gasteiger partial charge on any atom is 0.277 e. The van der Waals surface area contributed by atoms with Crippen LogP contribution in [0.2, 0.25) is 5.02 Å². The summed E-state index contributed by atoms with van der Waals surface area (Å²) in [5.74, 6) is 1.34. The molecule has 3 aromatic carbocycles. The molecule has 3 aromatic rings. The second kappa shape index (κ2) is 11.5. The summed E-state index contributed by atoms with van der Waals surface area (Å²) >= 11 is 9.43. The van der Waals surface area contributed by atoms with Gasteiger partial charge in [-0.3, -0.25) is 4.79 Å². The molecule has 0 aliphatic carbocycles. The number of hydrogen-bond acceptors (Lipinski definition) is 5. The van der Waals surface area contributed by atoms with Crippen molar-refractivity contribution in [1.82, 2.24) is 5.43 Å². The van der Waals surface area contributed by atoms with E-state index < -0.39 is 0 Å². The van der Waals surface area contributed by atoms with Crippen molar-refractivity contribution in [2.45, 2.75) is 13.5 Å². The molecule has 0 heterocycles. The highest BCUT2D eigenvalue weighted by Gasteiger charge is 2.12. The van der Waals surface area contributed by atoms with E-state index in [4.69, 9.17) is 25.8 Å². The van der Waals surface area contributed by atoms with Gasteiger partial charge < -0.3 is 14.2 Å². The molecule has 0 atom stereocenters. The molecule has 1 N–H and O–H groups in total. The highest BCUT2D eigenvalue weighted by atomic mass is 79.9. The number of aryl methyl sites for hydroxylation is 1. The van der Waals surface area contributed by atoms with Crippen LogP contribution >= 0.6 is 27.5 Å². The summed E-state index contributed by atoms with van der Waals surface area (Å²) in [5, 5.41) is 4.60. The number of nitrogens with one attached hydrogen (secondary N) is 1. The molecule has 0 fully saturated rings. The van der Waals surface area contributed by atoms with Gasteiger partial charge in [-0.2, -0.15) is 5.10 Å². The lowest BCUT2D eigenvalue weighted by atomic mass is 10.2. The van der Waals surface area contributed by atoms with Crippen LogP contribution in [0.1, 0.15) is 16.7 Å². The summed E-state index contributed by atoms with van der Waals surface area (Å²) < 4.78 is 17.6. The Morgan fingerprint density at radius 3 is 2.59 bits per heavy atom. The Balaban J connectivity index is 1.57. The van der Waals surface area contributed by atoms with Crippen LogP contribution in [-0.2, 0) is 11.4 Å². The van der Waals surface area contributed by atoms with Gasteiger partial charge in [0.25, 0.3) is 5.91 Å². The first kappa shape index (κ1) is 23.6. The molecular weight excluding hydrogens is 496 g/mol. The van der Waals surface area contributed by atoms with E-state index in [0.29, 0.717) is 33.4 Å². The molecule has 0 aliphatic rings. The number of halogens is 2. The number of ether oxygens (including phenoxy) is 3. The van der Waals surface area contributed by atoms with E-state index in [9.17, 15) is 4.79 Å². The van der Waals surface area contributed by atoms with Gasteiger partial charge in [-0.25, -0.2) is 5.43 Å². The maximum absolute atomic E-state index is 12.0. The molecule has 6 nitrogen and oxygen atoms in total. The molecule has 0 aliphatic heterocycles. The Hall–Kier alpha value is -3.03. The zero-order valence-corrected chi connectivity index (χ0v) is 19.9. The van der Waals surface area contributed by atoms with Gasteiger partial charge in [-0.15, -0.1) is 0 Å². The maximum atomic E-state index is 12.0. The molecule has 0 unspecified atom stereocenters. The monoisotopic (exact) mass is 516 g/mol. The molecule has 0 aromatic heterocycles. The predicted molar refractivity (Wildman–Crippen MR) is 129 cm³/mol. The molecule has 32 heavy (non-hydrogen) atoms. The second-order valence-corrected chi connectivity index (χ2v) is 8.09. The summed E-state index contributed by atoms with van der Waals surface area (Å²) in [4.78, 5) is 12.0. The normalized spacial score (nSPS) is 10.8. The lowest BCUT2D eigenvalue weighted by molar-refractivity contribution is -0.123. The van der Waals surface area contributed by atoms with Crippen molar-refractivity contribution >= 4 is 39.7 Å². The molecule has 8 heteroatoms. The van der Waals surface area contributed by atoms with Crippen molar-refractivity contribution < 1.29 is 19.0 Å². The third-order valence-corrected chi connectivity index (χ3v) is 5.20. The van der Waals surface area contributed by atoms with Gasteiger partial charge >= 0.3 is 0 Å². The molecule has 0 saturated heterocycles. The minimum atomic E-state index is -0.385. The van der Waals surface area contributed by atoms with Crippen LogP contribution in [0.15, 0.2) is 70.2 Å². The summed E-state index contributed by atoms with van der Waals surface area (Å²) in [5.41, 5.74) is 5.06. The Labute approximate surface area is 200 Å². The van der Waals surface area contributed by atoms with E-state index in [-0.39, 0.29) is 12.5 Å². The van der Waals surface area contributed by atoms with Crippen molar-refractivity contribution in [3.8, 4) is 17.2 Å². The summed E-state index contributed by atoms with van der Waals surface area (Å²) in [6.07, 6.45) is 1.51. The number of benzene rings is 3. The molecule has 0 radical (unpaired) electrons. The number of methoxy groups -OCH3 is 1. The Morgan fingerprint density at radius 2 is 1.88 bits per heavy atom. The van der Waals surface area contributed by atoms with Crippen LogP contribution in [0.3, 0.4) is 0 Å². The van der Waals surface area contributed by atoms with Gasteiger partial charge in [0, 0.05) is 5.02 Å². The summed E-state index contributed by atoms with van der Waals surface area (Å²) in [7, 11) is 1.57. The van der Waals surface area contributed by atoms with Crippen LogP contribution in [0.25, 0.3) is 0 Å². The fourth-order valence-corrected chi connectivity index (χ4v) is 3.61. The average Bonchev–Trinajstić information content (AvgIpc) is 2.78. The van der Waals surface area contributed by atoms with E-state index in [1.54, 1.807) is 31.4 Å². The van der Waals surface area contributed by atoms with Crippen LogP contribution < -0.4 is 19.6 Å². The van der Waals surface area contributed by atoms with Gasteiger partial charge in [0.1, 0.15) is 12.4 Å². The third kappa shape index (κ3) is 6.73. The van der Waals surface area contributed by atoms with Gasteiger partial charge in [0.15, 0.2) is 18.1 Å². The highest BCUT2D eigenvalue weighted by Crippen LogP contribution is 2.36. The topological polar surface area (TPSA) is 69.2 Å². The van der Waals surface area contributed by atoms with Crippen molar-refractivity contribution in [2.24, 2.45) is 5.10 Å². The van der Waals surface area contributed by atoms with Crippen LogP contribution in [0.5, 0.6) is 17.2 Å². The Kier molecular flexibility index (Phi) is 8.53. The molecule has 0 spiro atoms. The van der Waals surface area contributed by atoms with Crippen molar-refractivity contribution in [1.29, 1.82) is 0 Å². The molecule has 0 bridgehead atoms. The summed E-state index contributed by atoms with van der Waals surface area (Å²) in [6, 6.07) is 18.6. The lowest BCUT2D eigenvalue weighted by Crippen LogP contribution is -2.24.